The van der Waals surface area contributed by atoms with Crippen molar-refractivity contribution < 1.29 is 9.90 Å². The second-order valence-corrected chi connectivity index (χ2v) is 6.52. The Labute approximate surface area is 141 Å². The van der Waals surface area contributed by atoms with Gasteiger partial charge >= 0.3 is 0 Å². The van der Waals surface area contributed by atoms with E-state index in [-0.39, 0.29) is 24.0 Å². The van der Waals surface area contributed by atoms with Crippen LogP contribution in [0.4, 0.5) is 5.69 Å². The number of rotatable bonds is 4. The van der Waals surface area contributed by atoms with E-state index >= 15 is 0 Å². The first-order valence-corrected chi connectivity index (χ1v) is 8.22. The molecule has 3 atom stereocenters. The van der Waals surface area contributed by atoms with Crippen molar-refractivity contribution >= 4 is 23.2 Å². The van der Waals surface area contributed by atoms with E-state index in [0.29, 0.717) is 16.3 Å². The lowest BCUT2D eigenvalue weighted by Gasteiger charge is -2.37. The molecule has 1 amide bonds. The van der Waals surface area contributed by atoms with Crippen molar-refractivity contribution in [2.45, 2.75) is 38.8 Å². The first-order chi connectivity index (χ1) is 10.9. The molecule has 23 heavy (non-hydrogen) atoms. The molecular formula is C17H22ClN3O2. The van der Waals surface area contributed by atoms with Gasteiger partial charge < -0.3 is 10.4 Å². The highest BCUT2D eigenvalue weighted by molar-refractivity contribution is 6.32. The van der Waals surface area contributed by atoms with Gasteiger partial charge in [0.15, 0.2) is 0 Å². The molecule has 3 unspecified atom stereocenters. The third kappa shape index (κ3) is 4.44. The molecule has 124 valence electrons. The molecule has 6 heteroatoms. The molecule has 1 aromatic carbocycles. The van der Waals surface area contributed by atoms with Crippen LogP contribution in [-0.2, 0) is 4.79 Å². The molecule has 1 saturated heterocycles. The van der Waals surface area contributed by atoms with Gasteiger partial charge in [-0.2, -0.15) is 5.26 Å². The summed E-state index contributed by atoms with van der Waals surface area (Å²) in [4.78, 5) is 14.5. The quantitative estimate of drug-likeness (QED) is 0.886. The molecule has 1 aliphatic rings. The number of nitrogens with one attached hydrogen (secondary N) is 1. The molecule has 2 rings (SSSR count). The minimum Gasteiger partial charge on any atom is -0.393 e. The van der Waals surface area contributed by atoms with Crippen LogP contribution < -0.4 is 5.32 Å². The Hall–Kier alpha value is -1.61. The number of halogens is 1. The molecule has 1 fully saturated rings. The van der Waals surface area contributed by atoms with Gasteiger partial charge in [-0.3, -0.25) is 9.69 Å². The summed E-state index contributed by atoms with van der Waals surface area (Å²) in [6, 6.07) is 6.55. The average molecular weight is 336 g/mol. The fraction of sp³-hybridized carbons (Fsp3) is 0.529. The zero-order valence-electron chi connectivity index (χ0n) is 13.4. The molecule has 1 heterocycles. The summed E-state index contributed by atoms with van der Waals surface area (Å²) in [5, 5.41) is 21.8. The van der Waals surface area contributed by atoms with Crippen molar-refractivity contribution in [3.8, 4) is 6.07 Å². The summed E-state index contributed by atoms with van der Waals surface area (Å²) in [6.07, 6.45) is 1.62. The highest BCUT2D eigenvalue weighted by Gasteiger charge is 2.29. The second-order valence-electron chi connectivity index (χ2n) is 6.11. The molecule has 0 aliphatic carbocycles. The summed E-state index contributed by atoms with van der Waals surface area (Å²) >= 11 is 5.98. The number of hydrogen-bond donors (Lipinski definition) is 2. The molecule has 0 aromatic heterocycles. The summed E-state index contributed by atoms with van der Waals surface area (Å²) < 4.78 is 0. The predicted molar refractivity (Wildman–Crippen MR) is 90.2 cm³/mol. The van der Waals surface area contributed by atoms with E-state index in [0.717, 1.165) is 25.9 Å². The minimum absolute atomic E-state index is 0.114. The maximum Gasteiger partial charge on any atom is 0.241 e. The Balaban J connectivity index is 2.00. The Morgan fingerprint density at radius 1 is 1.52 bits per heavy atom. The Bertz CT molecular complexity index is 612. The number of anilines is 1. The Morgan fingerprint density at radius 2 is 2.26 bits per heavy atom. The van der Waals surface area contributed by atoms with E-state index < -0.39 is 0 Å². The molecule has 0 spiro atoms. The number of amides is 1. The van der Waals surface area contributed by atoms with Crippen LogP contribution in [0.3, 0.4) is 0 Å². The first kappa shape index (κ1) is 17.7. The van der Waals surface area contributed by atoms with Crippen molar-refractivity contribution in [2.24, 2.45) is 5.92 Å². The highest BCUT2D eigenvalue weighted by atomic mass is 35.5. The molecule has 5 nitrogen and oxygen atoms in total. The SMILES string of the molecule is CC(O)C1CCCN(C(C)C(=O)Nc2ccc(C#N)c(Cl)c2)C1. The van der Waals surface area contributed by atoms with E-state index in [2.05, 4.69) is 10.2 Å². The Morgan fingerprint density at radius 3 is 2.87 bits per heavy atom. The number of aliphatic hydroxyl groups excluding tert-OH is 1. The summed E-state index contributed by atoms with van der Waals surface area (Å²) in [7, 11) is 0. The summed E-state index contributed by atoms with van der Waals surface area (Å²) in [5.41, 5.74) is 0.962. The van der Waals surface area contributed by atoms with Crippen LogP contribution in [0.5, 0.6) is 0 Å². The number of hydrogen-bond acceptors (Lipinski definition) is 4. The minimum atomic E-state index is -0.356. The number of nitriles is 1. The number of piperidine rings is 1. The topological polar surface area (TPSA) is 76.4 Å². The second kappa shape index (κ2) is 7.78. The standard InChI is InChI=1S/C17H22ClN3O2/c1-11(21-7-3-4-14(10-21)12(2)22)17(23)20-15-6-5-13(9-19)16(18)8-15/h5-6,8,11-12,14,22H,3-4,7,10H2,1-2H3,(H,20,23). The van der Waals surface area contributed by atoms with Gasteiger partial charge in [0.25, 0.3) is 0 Å². The normalized spacial score (nSPS) is 21.3. The van der Waals surface area contributed by atoms with Crippen LogP contribution in [-0.4, -0.2) is 41.1 Å². The molecule has 0 radical (unpaired) electrons. The number of carbonyl (C=O) groups excluding carboxylic acids is 1. The maximum atomic E-state index is 12.4. The van der Waals surface area contributed by atoms with Gasteiger partial charge in [-0.1, -0.05) is 11.6 Å². The molecular weight excluding hydrogens is 314 g/mol. The summed E-state index contributed by atoms with van der Waals surface area (Å²) in [5.74, 6) is 0.0976. The van der Waals surface area contributed by atoms with E-state index in [1.165, 1.54) is 0 Å². The molecule has 0 bridgehead atoms. The lowest BCUT2D eigenvalue weighted by molar-refractivity contribution is -0.121. The van der Waals surface area contributed by atoms with Gasteiger partial charge in [-0.05, 0) is 57.4 Å². The van der Waals surface area contributed by atoms with Gasteiger partial charge in [0, 0.05) is 12.2 Å². The van der Waals surface area contributed by atoms with E-state index in [9.17, 15) is 9.90 Å². The highest BCUT2D eigenvalue weighted by Crippen LogP contribution is 2.23. The Kier molecular flexibility index (Phi) is 6.00. The average Bonchev–Trinajstić information content (AvgIpc) is 2.54. The number of aliphatic hydroxyl groups is 1. The monoisotopic (exact) mass is 335 g/mol. The van der Waals surface area contributed by atoms with Crippen LogP contribution in [0.15, 0.2) is 18.2 Å². The fourth-order valence-electron chi connectivity index (χ4n) is 2.88. The van der Waals surface area contributed by atoms with Crippen molar-refractivity contribution in [2.75, 3.05) is 18.4 Å². The van der Waals surface area contributed by atoms with Gasteiger partial charge in [-0.15, -0.1) is 0 Å². The fourth-order valence-corrected chi connectivity index (χ4v) is 3.10. The number of benzene rings is 1. The van der Waals surface area contributed by atoms with Gasteiger partial charge in [-0.25, -0.2) is 0 Å². The van der Waals surface area contributed by atoms with E-state index in [4.69, 9.17) is 16.9 Å². The zero-order chi connectivity index (χ0) is 17.0. The van der Waals surface area contributed by atoms with Crippen LogP contribution in [0, 0.1) is 17.2 Å². The predicted octanol–water partition coefficient (Wildman–Crippen LogP) is 2.63. The lowest BCUT2D eigenvalue weighted by atomic mass is 9.92. The summed E-state index contributed by atoms with van der Waals surface area (Å²) in [6.45, 7) is 5.25. The van der Waals surface area contributed by atoms with Crippen LogP contribution in [0.1, 0.15) is 32.3 Å². The third-order valence-electron chi connectivity index (χ3n) is 4.46. The van der Waals surface area contributed by atoms with Gasteiger partial charge in [0.1, 0.15) is 6.07 Å². The molecule has 1 aliphatic heterocycles. The van der Waals surface area contributed by atoms with E-state index in [1.807, 2.05) is 13.0 Å². The van der Waals surface area contributed by atoms with Crippen LogP contribution in [0.2, 0.25) is 5.02 Å². The van der Waals surface area contributed by atoms with Crippen molar-refractivity contribution in [1.82, 2.24) is 4.90 Å². The third-order valence-corrected chi connectivity index (χ3v) is 4.77. The maximum absolute atomic E-state index is 12.4. The first-order valence-electron chi connectivity index (χ1n) is 7.85. The van der Waals surface area contributed by atoms with E-state index in [1.54, 1.807) is 25.1 Å². The largest absolute Gasteiger partial charge is 0.393 e. The number of likely N-dealkylation sites (tertiary alicyclic amines) is 1. The lowest BCUT2D eigenvalue weighted by Crippen LogP contribution is -2.48. The van der Waals surface area contributed by atoms with Crippen molar-refractivity contribution in [3.63, 3.8) is 0 Å². The number of nitrogens with zero attached hydrogens (tertiary/aromatic N) is 2. The van der Waals surface area contributed by atoms with Gasteiger partial charge in [0.05, 0.1) is 22.7 Å². The van der Waals surface area contributed by atoms with Crippen molar-refractivity contribution in [1.29, 1.82) is 5.26 Å². The van der Waals surface area contributed by atoms with Crippen LogP contribution in [0.25, 0.3) is 0 Å². The zero-order valence-corrected chi connectivity index (χ0v) is 14.2. The van der Waals surface area contributed by atoms with Gasteiger partial charge in [0.2, 0.25) is 5.91 Å². The smallest absolute Gasteiger partial charge is 0.241 e. The van der Waals surface area contributed by atoms with Crippen LogP contribution >= 0.6 is 11.6 Å². The number of carbonyl (C=O) groups is 1. The molecule has 1 aromatic rings. The van der Waals surface area contributed by atoms with Crippen molar-refractivity contribution in [3.05, 3.63) is 28.8 Å². The molecule has 2 N–H and O–H groups in total. The molecule has 0 saturated carbocycles.